The SMILES string of the molecule is CC(=O)C[C@@H]1OC[C@H](C[C@H]2O[C@H]2[C@@H](C)[C@H](C)O)[C@H]2OC(C)(C)O[C@H]21. The molecular weight excluding hydrogens is 312 g/mol. The first-order valence-electron chi connectivity index (χ1n) is 8.98. The maximum Gasteiger partial charge on any atom is 0.163 e. The van der Waals surface area contributed by atoms with Crippen molar-refractivity contribution in [2.24, 2.45) is 11.8 Å². The first-order chi connectivity index (χ1) is 11.2. The fourth-order valence-electron chi connectivity index (χ4n) is 3.95. The summed E-state index contributed by atoms with van der Waals surface area (Å²) in [5, 5.41) is 9.71. The number of aliphatic hydroxyl groups excluding tert-OH is 1. The number of carbonyl (C=O) groups is 1. The number of ketones is 1. The summed E-state index contributed by atoms with van der Waals surface area (Å²) in [4.78, 5) is 11.5. The highest BCUT2D eigenvalue weighted by atomic mass is 16.8. The molecule has 0 unspecified atom stereocenters. The Labute approximate surface area is 143 Å². The van der Waals surface area contributed by atoms with Crippen LogP contribution in [0.3, 0.4) is 0 Å². The Morgan fingerprint density at radius 2 is 1.88 bits per heavy atom. The Kier molecular flexibility index (Phi) is 5.06. The summed E-state index contributed by atoms with van der Waals surface area (Å²) in [5.41, 5.74) is 0. The molecule has 0 aliphatic carbocycles. The Bertz CT molecular complexity index is 476. The molecule has 3 fully saturated rings. The summed E-state index contributed by atoms with van der Waals surface area (Å²) >= 11 is 0. The van der Waals surface area contributed by atoms with Gasteiger partial charge in [0.15, 0.2) is 5.79 Å². The van der Waals surface area contributed by atoms with Crippen LogP contribution in [0, 0.1) is 11.8 Å². The average molecular weight is 342 g/mol. The lowest BCUT2D eigenvalue weighted by Gasteiger charge is -2.36. The molecule has 3 heterocycles. The van der Waals surface area contributed by atoms with Crippen molar-refractivity contribution in [1.29, 1.82) is 0 Å². The quantitative estimate of drug-likeness (QED) is 0.740. The Morgan fingerprint density at radius 1 is 1.21 bits per heavy atom. The van der Waals surface area contributed by atoms with Crippen LogP contribution in [0.25, 0.3) is 0 Å². The van der Waals surface area contributed by atoms with Gasteiger partial charge in [-0.15, -0.1) is 0 Å². The smallest absolute Gasteiger partial charge is 0.163 e. The van der Waals surface area contributed by atoms with E-state index in [9.17, 15) is 9.90 Å². The normalized spacial score (nSPS) is 43.1. The average Bonchev–Trinajstić information content (AvgIpc) is 3.14. The van der Waals surface area contributed by atoms with Crippen LogP contribution in [0.15, 0.2) is 0 Å². The summed E-state index contributed by atoms with van der Waals surface area (Å²) in [6.45, 7) is 9.74. The molecule has 1 N–H and O–H groups in total. The summed E-state index contributed by atoms with van der Waals surface area (Å²) < 4.78 is 23.9. The van der Waals surface area contributed by atoms with Crippen molar-refractivity contribution in [3.63, 3.8) is 0 Å². The molecule has 0 saturated carbocycles. The van der Waals surface area contributed by atoms with Crippen LogP contribution < -0.4 is 0 Å². The predicted octanol–water partition coefficient (Wildman–Crippen LogP) is 1.67. The van der Waals surface area contributed by atoms with Crippen LogP contribution in [0.5, 0.6) is 0 Å². The van der Waals surface area contributed by atoms with Gasteiger partial charge in [-0.1, -0.05) is 6.92 Å². The van der Waals surface area contributed by atoms with Gasteiger partial charge in [0.1, 0.15) is 11.9 Å². The molecule has 0 aromatic rings. The lowest BCUT2D eigenvalue weighted by molar-refractivity contribution is -0.156. The lowest BCUT2D eigenvalue weighted by atomic mass is 9.86. The molecule has 0 aromatic heterocycles. The van der Waals surface area contributed by atoms with Gasteiger partial charge in [-0.3, -0.25) is 4.79 Å². The highest BCUT2D eigenvalue weighted by molar-refractivity contribution is 5.76. The highest BCUT2D eigenvalue weighted by Crippen LogP contribution is 2.43. The van der Waals surface area contributed by atoms with Crippen LogP contribution in [0.1, 0.15) is 47.5 Å². The van der Waals surface area contributed by atoms with Gasteiger partial charge in [0.2, 0.25) is 0 Å². The van der Waals surface area contributed by atoms with Crippen molar-refractivity contribution in [2.75, 3.05) is 6.61 Å². The second-order valence-electron chi connectivity index (χ2n) is 8.08. The molecule has 8 atom stereocenters. The summed E-state index contributed by atoms with van der Waals surface area (Å²) in [6, 6.07) is 0. The third kappa shape index (κ3) is 3.83. The number of Topliss-reactive ketones (excluding diaryl/α,β-unsaturated/α-hetero) is 1. The largest absolute Gasteiger partial charge is 0.393 e. The molecule has 3 rings (SSSR count). The predicted molar refractivity (Wildman–Crippen MR) is 86.5 cm³/mol. The second-order valence-corrected chi connectivity index (χ2v) is 8.08. The molecule has 3 aliphatic heterocycles. The minimum atomic E-state index is -0.660. The van der Waals surface area contributed by atoms with Gasteiger partial charge in [0, 0.05) is 18.3 Å². The van der Waals surface area contributed by atoms with Crippen molar-refractivity contribution < 1.29 is 28.8 Å². The number of hydrogen-bond donors (Lipinski definition) is 1. The van der Waals surface area contributed by atoms with Gasteiger partial charge in [0.05, 0.1) is 37.1 Å². The molecule has 0 amide bonds. The second kappa shape index (κ2) is 6.65. The number of epoxide rings is 1. The Balaban J connectivity index is 1.63. The maximum absolute atomic E-state index is 11.5. The zero-order chi connectivity index (χ0) is 17.6. The van der Waals surface area contributed by atoms with E-state index in [2.05, 4.69) is 0 Å². The monoisotopic (exact) mass is 342 g/mol. The minimum Gasteiger partial charge on any atom is -0.393 e. The van der Waals surface area contributed by atoms with E-state index in [4.69, 9.17) is 18.9 Å². The molecule has 138 valence electrons. The number of aliphatic hydroxyl groups is 1. The minimum absolute atomic E-state index is 0.0789. The summed E-state index contributed by atoms with van der Waals surface area (Å²) in [7, 11) is 0. The maximum atomic E-state index is 11.5. The van der Waals surface area contributed by atoms with E-state index in [1.54, 1.807) is 13.8 Å². The molecule has 0 bridgehead atoms. The lowest BCUT2D eigenvalue weighted by Crippen LogP contribution is -2.49. The molecule has 24 heavy (non-hydrogen) atoms. The van der Waals surface area contributed by atoms with Crippen molar-refractivity contribution in [1.82, 2.24) is 0 Å². The van der Waals surface area contributed by atoms with Crippen LogP contribution in [-0.4, -0.2) is 59.9 Å². The number of ether oxygens (including phenoxy) is 4. The van der Waals surface area contributed by atoms with E-state index in [-0.39, 0.29) is 54.2 Å². The molecular formula is C18H30O6. The van der Waals surface area contributed by atoms with Crippen molar-refractivity contribution in [2.45, 2.75) is 89.9 Å². The summed E-state index contributed by atoms with van der Waals surface area (Å²) in [5.74, 6) is -0.261. The topological polar surface area (TPSA) is 77.5 Å². The van der Waals surface area contributed by atoms with Gasteiger partial charge in [-0.2, -0.15) is 0 Å². The Morgan fingerprint density at radius 3 is 2.50 bits per heavy atom. The fourth-order valence-corrected chi connectivity index (χ4v) is 3.95. The van der Waals surface area contributed by atoms with E-state index in [1.165, 1.54) is 0 Å². The van der Waals surface area contributed by atoms with Crippen LogP contribution in [0.2, 0.25) is 0 Å². The fraction of sp³-hybridized carbons (Fsp3) is 0.944. The van der Waals surface area contributed by atoms with E-state index in [0.717, 1.165) is 6.42 Å². The first kappa shape index (κ1) is 18.3. The van der Waals surface area contributed by atoms with Crippen molar-refractivity contribution in [3.05, 3.63) is 0 Å². The van der Waals surface area contributed by atoms with Crippen molar-refractivity contribution >= 4 is 5.78 Å². The molecule has 6 heteroatoms. The molecule has 3 aliphatic rings. The molecule has 0 radical (unpaired) electrons. The van der Waals surface area contributed by atoms with E-state index < -0.39 is 5.79 Å². The number of rotatable bonds is 6. The molecule has 0 aromatic carbocycles. The third-order valence-corrected chi connectivity index (χ3v) is 5.44. The van der Waals surface area contributed by atoms with Gasteiger partial charge in [-0.25, -0.2) is 0 Å². The molecule has 3 saturated heterocycles. The van der Waals surface area contributed by atoms with E-state index >= 15 is 0 Å². The number of hydrogen-bond acceptors (Lipinski definition) is 6. The highest BCUT2D eigenvalue weighted by Gasteiger charge is 2.54. The van der Waals surface area contributed by atoms with Crippen LogP contribution >= 0.6 is 0 Å². The molecule has 6 nitrogen and oxygen atoms in total. The van der Waals surface area contributed by atoms with Gasteiger partial charge >= 0.3 is 0 Å². The van der Waals surface area contributed by atoms with Crippen LogP contribution in [0.4, 0.5) is 0 Å². The van der Waals surface area contributed by atoms with Gasteiger partial charge < -0.3 is 24.1 Å². The number of carbonyl (C=O) groups excluding carboxylic acids is 1. The zero-order valence-electron chi connectivity index (χ0n) is 15.2. The first-order valence-corrected chi connectivity index (χ1v) is 8.98. The standard InChI is InChI=1S/C18H30O6/c1-9(19)6-13-17-16(23-18(4,5)24-17)12(8-21-13)7-14-15(22-14)10(2)11(3)20/h10-17,20H,6-8H2,1-5H3/t10-,11-,12-,13-,14+,15-,16+,17-/m0/s1. The number of fused-ring (bicyclic) bond motifs is 1. The zero-order valence-corrected chi connectivity index (χ0v) is 15.2. The van der Waals surface area contributed by atoms with Crippen LogP contribution in [-0.2, 0) is 23.7 Å². The van der Waals surface area contributed by atoms with E-state index in [1.807, 2.05) is 20.8 Å². The van der Waals surface area contributed by atoms with Gasteiger partial charge in [-0.05, 0) is 34.1 Å². The van der Waals surface area contributed by atoms with E-state index in [0.29, 0.717) is 13.0 Å². The van der Waals surface area contributed by atoms with Crippen molar-refractivity contribution in [3.8, 4) is 0 Å². The molecule has 0 spiro atoms. The Hall–Kier alpha value is -0.530. The van der Waals surface area contributed by atoms with Gasteiger partial charge in [0.25, 0.3) is 0 Å². The third-order valence-electron chi connectivity index (χ3n) is 5.44. The summed E-state index contributed by atoms with van der Waals surface area (Å²) in [6.07, 6.45) is 0.524.